The van der Waals surface area contributed by atoms with E-state index in [2.05, 4.69) is 20.9 Å². The number of fused-ring (bicyclic) bond motifs is 1. The van der Waals surface area contributed by atoms with Crippen molar-refractivity contribution in [1.82, 2.24) is 14.3 Å². The molecule has 0 saturated heterocycles. The predicted octanol–water partition coefficient (Wildman–Crippen LogP) is 2.60. The van der Waals surface area contributed by atoms with Crippen molar-refractivity contribution in [3.8, 4) is 11.1 Å². The summed E-state index contributed by atoms with van der Waals surface area (Å²) < 4.78 is 2.34. The first-order valence-corrected chi connectivity index (χ1v) is 8.64. The van der Waals surface area contributed by atoms with E-state index in [9.17, 15) is 9.59 Å². The number of benzene rings is 1. The molecule has 0 fully saturated rings. The predicted molar refractivity (Wildman–Crippen MR) is 100 cm³/mol. The van der Waals surface area contributed by atoms with Gasteiger partial charge in [-0.05, 0) is 35.4 Å². The van der Waals surface area contributed by atoms with Crippen molar-refractivity contribution in [2.24, 2.45) is 0 Å². The molecule has 0 aliphatic carbocycles. The molecule has 26 heavy (non-hydrogen) atoms. The summed E-state index contributed by atoms with van der Waals surface area (Å²) in [5.74, 6) is 0. The van der Waals surface area contributed by atoms with E-state index in [1.165, 1.54) is 10.6 Å². The van der Waals surface area contributed by atoms with Gasteiger partial charge in [-0.25, -0.2) is 9.78 Å². The molecule has 0 spiro atoms. The molecule has 1 amide bonds. The third-order valence-electron chi connectivity index (χ3n) is 3.94. The van der Waals surface area contributed by atoms with Crippen LogP contribution in [0.5, 0.6) is 0 Å². The molecule has 2 N–H and O–H groups in total. The molecule has 0 radical (unpaired) electrons. The topological polar surface area (TPSA) is 95.1 Å². The zero-order valence-electron chi connectivity index (χ0n) is 13.7. The van der Waals surface area contributed by atoms with Crippen LogP contribution in [0.4, 0.5) is 4.79 Å². The van der Waals surface area contributed by atoms with Gasteiger partial charge in [0.1, 0.15) is 5.65 Å². The van der Waals surface area contributed by atoms with Gasteiger partial charge in [-0.15, -0.1) is 0 Å². The van der Waals surface area contributed by atoms with Gasteiger partial charge in [0.15, 0.2) is 0 Å². The van der Waals surface area contributed by atoms with Crippen LogP contribution >= 0.6 is 15.9 Å². The molecule has 2 heterocycles. The Morgan fingerprint density at radius 1 is 1.23 bits per heavy atom. The lowest BCUT2D eigenvalue weighted by Crippen LogP contribution is -2.34. The van der Waals surface area contributed by atoms with Crippen LogP contribution < -0.4 is 5.56 Å². The van der Waals surface area contributed by atoms with Gasteiger partial charge >= 0.3 is 6.09 Å². The lowest BCUT2D eigenvalue weighted by molar-refractivity contribution is 0.128. The molecule has 3 aromatic rings. The lowest BCUT2D eigenvalue weighted by atomic mass is 10.1. The number of carboxylic acid groups (broad SMARTS) is 1. The van der Waals surface area contributed by atoms with Crippen molar-refractivity contribution >= 4 is 27.7 Å². The minimum absolute atomic E-state index is 0.0701. The Morgan fingerprint density at radius 3 is 2.69 bits per heavy atom. The molecule has 0 aliphatic heterocycles. The molecule has 2 aromatic heterocycles. The molecule has 1 aromatic carbocycles. The monoisotopic (exact) mass is 417 g/mol. The highest BCUT2D eigenvalue weighted by molar-refractivity contribution is 9.10. The van der Waals surface area contributed by atoms with Gasteiger partial charge in [0.2, 0.25) is 0 Å². The number of amides is 1. The Kier molecular flexibility index (Phi) is 5.34. The van der Waals surface area contributed by atoms with Gasteiger partial charge in [-0.3, -0.25) is 9.20 Å². The van der Waals surface area contributed by atoms with E-state index < -0.39 is 6.09 Å². The Hall–Kier alpha value is -2.71. The molecule has 8 heteroatoms. The van der Waals surface area contributed by atoms with E-state index in [0.717, 1.165) is 20.5 Å². The summed E-state index contributed by atoms with van der Waals surface area (Å²) in [6, 6.07) is 11.4. The van der Waals surface area contributed by atoms with Crippen LogP contribution in [-0.2, 0) is 6.54 Å². The minimum Gasteiger partial charge on any atom is -0.465 e. The number of aromatic nitrogens is 2. The van der Waals surface area contributed by atoms with Crippen LogP contribution in [0.25, 0.3) is 16.8 Å². The second kappa shape index (κ2) is 7.67. The fraction of sp³-hybridized carbons (Fsp3) is 0.167. The van der Waals surface area contributed by atoms with Crippen molar-refractivity contribution in [1.29, 1.82) is 0 Å². The number of aliphatic hydroxyl groups excluding tert-OH is 1. The second-order valence-corrected chi connectivity index (χ2v) is 6.59. The van der Waals surface area contributed by atoms with Crippen molar-refractivity contribution < 1.29 is 15.0 Å². The molecular formula is C18H16BrN3O4. The number of aliphatic hydroxyl groups is 1. The third kappa shape index (κ3) is 3.76. The fourth-order valence-electron chi connectivity index (χ4n) is 2.64. The summed E-state index contributed by atoms with van der Waals surface area (Å²) in [5, 5.41) is 18.1. The Labute approximate surface area is 157 Å². The maximum atomic E-state index is 12.6. The van der Waals surface area contributed by atoms with Crippen molar-refractivity contribution in [3.63, 3.8) is 0 Å². The molecule has 3 rings (SSSR count). The van der Waals surface area contributed by atoms with Gasteiger partial charge in [-0.1, -0.05) is 28.1 Å². The zero-order chi connectivity index (χ0) is 18.7. The lowest BCUT2D eigenvalue weighted by Gasteiger charge is -2.17. The number of carbonyl (C=O) groups is 1. The first-order valence-electron chi connectivity index (χ1n) is 7.84. The molecule has 0 atom stereocenters. The molecule has 0 saturated carbocycles. The molecule has 0 aliphatic rings. The van der Waals surface area contributed by atoms with Gasteiger partial charge < -0.3 is 15.1 Å². The summed E-state index contributed by atoms with van der Waals surface area (Å²) in [7, 11) is 0. The van der Waals surface area contributed by atoms with E-state index in [1.807, 2.05) is 30.3 Å². The number of pyridine rings is 1. The largest absolute Gasteiger partial charge is 0.465 e. The Morgan fingerprint density at radius 2 is 2.00 bits per heavy atom. The number of hydrogen-bond acceptors (Lipinski definition) is 4. The smallest absolute Gasteiger partial charge is 0.407 e. The van der Waals surface area contributed by atoms with Crippen LogP contribution in [0, 0.1) is 0 Å². The average Bonchev–Trinajstić information content (AvgIpc) is 2.63. The van der Waals surface area contributed by atoms with Crippen molar-refractivity contribution in [2.75, 3.05) is 13.2 Å². The number of halogens is 1. The summed E-state index contributed by atoms with van der Waals surface area (Å²) in [6.45, 7) is -0.512. The van der Waals surface area contributed by atoms with E-state index in [-0.39, 0.29) is 30.8 Å². The summed E-state index contributed by atoms with van der Waals surface area (Å²) >= 11 is 3.44. The number of hydrogen-bond donors (Lipinski definition) is 2. The maximum Gasteiger partial charge on any atom is 0.407 e. The number of rotatable bonds is 5. The summed E-state index contributed by atoms with van der Waals surface area (Å²) in [6.07, 6.45) is 1.81. The van der Waals surface area contributed by atoms with Crippen LogP contribution in [0.2, 0.25) is 0 Å². The van der Waals surface area contributed by atoms with Gasteiger partial charge in [0.05, 0.1) is 18.7 Å². The van der Waals surface area contributed by atoms with Crippen LogP contribution in [-0.4, -0.2) is 43.7 Å². The average molecular weight is 418 g/mol. The SMILES string of the molecule is O=C(O)N(CCO)Cc1cnc2cc(-c3cccc(Br)c3)ccn2c1=O. The highest BCUT2D eigenvalue weighted by Gasteiger charge is 2.15. The first kappa shape index (κ1) is 18.1. The second-order valence-electron chi connectivity index (χ2n) is 5.67. The Balaban J connectivity index is 1.99. The first-order chi connectivity index (χ1) is 12.5. The van der Waals surface area contributed by atoms with E-state index >= 15 is 0 Å². The molecular weight excluding hydrogens is 402 g/mol. The maximum absolute atomic E-state index is 12.6. The standard InChI is InChI=1S/C18H16BrN3O4/c19-15-3-1-2-12(8-15)13-4-5-22-16(9-13)20-10-14(17(22)24)11-21(6-7-23)18(25)26/h1-5,8-10,23H,6-7,11H2,(H,25,26). The van der Waals surface area contributed by atoms with Gasteiger partial charge in [0.25, 0.3) is 5.56 Å². The quantitative estimate of drug-likeness (QED) is 0.664. The van der Waals surface area contributed by atoms with Crippen LogP contribution in [0.1, 0.15) is 5.56 Å². The molecule has 134 valence electrons. The minimum atomic E-state index is -1.20. The van der Waals surface area contributed by atoms with E-state index in [1.54, 1.807) is 12.3 Å². The van der Waals surface area contributed by atoms with Crippen molar-refractivity contribution in [3.05, 3.63) is 69.2 Å². The molecule has 0 unspecified atom stereocenters. The highest BCUT2D eigenvalue weighted by atomic mass is 79.9. The van der Waals surface area contributed by atoms with Crippen molar-refractivity contribution in [2.45, 2.75) is 6.54 Å². The normalized spacial score (nSPS) is 10.8. The summed E-state index contributed by atoms with van der Waals surface area (Å²) in [5.41, 5.74) is 2.28. The Bertz CT molecular complexity index is 1020. The van der Waals surface area contributed by atoms with E-state index in [0.29, 0.717) is 5.65 Å². The fourth-order valence-corrected chi connectivity index (χ4v) is 3.04. The zero-order valence-corrected chi connectivity index (χ0v) is 15.3. The van der Waals surface area contributed by atoms with Gasteiger partial charge in [0, 0.05) is 23.4 Å². The number of nitrogens with zero attached hydrogens (tertiary/aromatic N) is 3. The molecule has 0 bridgehead atoms. The van der Waals surface area contributed by atoms with Gasteiger partial charge in [-0.2, -0.15) is 0 Å². The highest BCUT2D eigenvalue weighted by Crippen LogP contribution is 2.23. The summed E-state index contributed by atoms with van der Waals surface area (Å²) in [4.78, 5) is 29.1. The van der Waals surface area contributed by atoms with E-state index in [4.69, 9.17) is 10.2 Å². The third-order valence-corrected chi connectivity index (χ3v) is 4.43. The van der Waals surface area contributed by atoms with Crippen LogP contribution in [0.3, 0.4) is 0 Å². The molecule has 7 nitrogen and oxygen atoms in total. The van der Waals surface area contributed by atoms with Crippen LogP contribution in [0.15, 0.2) is 58.1 Å².